The summed E-state index contributed by atoms with van der Waals surface area (Å²) in [6, 6.07) is 13.9. The van der Waals surface area contributed by atoms with E-state index >= 15 is 0 Å². The van der Waals surface area contributed by atoms with Gasteiger partial charge in [0.15, 0.2) is 6.10 Å². The number of hydrogen-bond acceptors (Lipinski definition) is 4. The Hall–Kier alpha value is -2.80. The minimum atomic E-state index is -0.572. The number of benzene rings is 2. The third-order valence-corrected chi connectivity index (χ3v) is 5.53. The number of urea groups is 1. The second-order valence-electron chi connectivity index (χ2n) is 7.46. The molecule has 2 heterocycles. The molecule has 0 radical (unpaired) electrons. The molecule has 0 aromatic heterocycles. The number of morpholine rings is 1. The Balaban J connectivity index is 1.30. The van der Waals surface area contributed by atoms with Gasteiger partial charge in [-0.05, 0) is 29.8 Å². The van der Waals surface area contributed by atoms with E-state index < -0.39 is 6.10 Å². The van der Waals surface area contributed by atoms with E-state index in [1.165, 1.54) is 0 Å². The Morgan fingerprint density at radius 1 is 0.862 bits per heavy atom. The number of rotatable bonds is 3. The first-order valence-corrected chi connectivity index (χ1v) is 10.2. The molecule has 0 unspecified atom stereocenters. The molecule has 0 spiro atoms. The van der Waals surface area contributed by atoms with Crippen molar-refractivity contribution in [2.75, 3.05) is 52.5 Å². The quantitative estimate of drug-likeness (QED) is 0.797. The highest BCUT2D eigenvalue weighted by atomic mass is 16.5. The van der Waals surface area contributed by atoms with Crippen molar-refractivity contribution in [2.45, 2.75) is 13.0 Å². The third kappa shape index (κ3) is 4.45. The van der Waals surface area contributed by atoms with E-state index in [2.05, 4.69) is 0 Å². The highest BCUT2D eigenvalue weighted by molar-refractivity contribution is 5.84. The van der Waals surface area contributed by atoms with Gasteiger partial charge in [0.25, 0.3) is 5.91 Å². The maximum Gasteiger partial charge on any atom is 0.320 e. The van der Waals surface area contributed by atoms with Gasteiger partial charge in [0.2, 0.25) is 0 Å². The molecule has 2 aromatic carbocycles. The van der Waals surface area contributed by atoms with Gasteiger partial charge in [0, 0.05) is 39.3 Å². The topological polar surface area (TPSA) is 62.3 Å². The van der Waals surface area contributed by atoms with Gasteiger partial charge < -0.3 is 24.2 Å². The molecule has 2 fully saturated rings. The van der Waals surface area contributed by atoms with Crippen LogP contribution in [0.1, 0.15) is 6.92 Å². The van der Waals surface area contributed by atoms with Crippen LogP contribution in [-0.2, 0) is 9.53 Å². The minimum absolute atomic E-state index is 0.0425. The number of piperazine rings is 1. The van der Waals surface area contributed by atoms with E-state index in [9.17, 15) is 9.59 Å². The molecule has 2 aliphatic rings. The molecular weight excluding hydrogens is 370 g/mol. The Kier molecular flexibility index (Phi) is 5.85. The molecule has 154 valence electrons. The zero-order chi connectivity index (χ0) is 20.2. The maximum absolute atomic E-state index is 12.8. The number of hydrogen-bond donors (Lipinski definition) is 0. The standard InChI is InChI=1S/C22H27N3O4/c1-17(29-20-7-6-18-4-2-3-5-19(18)16-20)21(26)23-8-10-24(11-9-23)22(27)25-12-14-28-15-13-25/h2-7,16-17H,8-15H2,1H3/t17-/m0/s1. The lowest BCUT2D eigenvalue weighted by atomic mass is 10.1. The summed E-state index contributed by atoms with van der Waals surface area (Å²) in [5.74, 6) is 0.641. The van der Waals surface area contributed by atoms with Crippen LogP contribution in [0.2, 0.25) is 0 Å². The minimum Gasteiger partial charge on any atom is -0.481 e. The molecule has 2 saturated heterocycles. The fourth-order valence-electron chi connectivity index (χ4n) is 3.83. The lowest BCUT2D eigenvalue weighted by molar-refractivity contribution is -0.139. The van der Waals surface area contributed by atoms with E-state index in [0.717, 1.165) is 10.8 Å². The van der Waals surface area contributed by atoms with Gasteiger partial charge in [-0.1, -0.05) is 30.3 Å². The average molecular weight is 397 g/mol. The summed E-state index contributed by atoms with van der Waals surface area (Å²) >= 11 is 0. The predicted octanol–water partition coefficient (Wildman–Crippen LogP) is 2.20. The molecule has 7 nitrogen and oxygen atoms in total. The van der Waals surface area contributed by atoms with Gasteiger partial charge in [-0.2, -0.15) is 0 Å². The number of ether oxygens (including phenoxy) is 2. The van der Waals surface area contributed by atoms with Crippen LogP contribution < -0.4 is 4.74 Å². The van der Waals surface area contributed by atoms with Crippen molar-refractivity contribution in [3.63, 3.8) is 0 Å². The molecular formula is C22H27N3O4. The molecule has 0 saturated carbocycles. The van der Waals surface area contributed by atoms with Gasteiger partial charge in [-0.25, -0.2) is 4.79 Å². The average Bonchev–Trinajstić information content (AvgIpc) is 2.78. The summed E-state index contributed by atoms with van der Waals surface area (Å²) in [5.41, 5.74) is 0. The van der Waals surface area contributed by atoms with Crippen LogP contribution in [-0.4, -0.2) is 85.2 Å². The van der Waals surface area contributed by atoms with E-state index in [-0.39, 0.29) is 11.9 Å². The van der Waals surface area contributed by atoms with Crippen molar-refractivity contribution in [3.8, 4) is 5.75 Å². The van der Waals surface area contributed by atoms with Crippen LogP contribution in [0.5, 0.6) is 5.75 Å². The predicted molar refractivity (Wildman–Crippen MR) is 110 cm³/mol. The largest absolute Gasteiger partial charge is 0.481 e. The fourth-order valence-corrected chi connectivity index (χ4v) is 3.83. The Bertz CT molecular complexity index is 873. The van der Waals surface area contributed by atoms with Gasteiger partial charge >= 0.3 is 6.03 Å². The summed E-state index contributed by atoms with van der Waals surface area (Å²) in [6.07, 6.45) is -0.572. The summed E-state index contributed by atoms with van der Waals surface area (Å²) in [4.78, 5) is 30.8. The van der Waals surface area contributed by atoms with Gasteiger partial charge in [0.1, 0.15) is 5.75 Å². The Morgan fingerprint density at radius 3 is 2.21 bits per heavy atom. The first-order chi connectivity index (χ1) is 14.1. The van der Waals surface area contributed by atoms with Crippen LogP contribution in [0.25, 0.3) is 10.8 Å². The summed E-state index contributed by atoms with van der Waals surface area (Å²) in [5, 5.41) is 2.22. The molecule has 0 bridgehead atoms. The Morgan fingerprint density at radius 2 is 1.48 bits per heavy atom. The van der Waals surface area contributed by atoms with Crippen LogP contribution in [0.4, 0.5) is 4.79 Å². The van der Waals surface area contributed by atoms with Crippen molar-refractivity contribution in [1.29, 1.82) is 0 Å². The normalized spacial score (nSPS) is 18.6. The lowest BCUT2D eigenvalue weighted by Crippen LogP contribution is -2.57. The second-order valence-corrected chi connectivity index (χ2v) is 7.46. The van der Waals surface area contributed by atoms with E-state index in [4.69, 9.17) is 9.47 Å². The maximum atomic E-state index is 12.8. The monoisotopic (exact) mass is 397 g/mol. The van der Waals surface area contributed by atoms with Crippen LogP contribution in [0.3, 0.4) is 0 Å². The van der Waals surface area contributed by atoms with Crippen molar-refractivity contribution in [3.05, 3.63) is 42.5 Å². The van der Waals surface area contributed by atoms with Crippen molar-refractivity contribution >= 4 is 22.7 Å². The molecule has 2 aromatic rings. The number of carbonyl (C=O) groups excluding carboxylic acids is 2. The van der Waals surface area contributed by atoms with Gasteiger partial charge in [0.05, 0.1) is 13.2 Å². The molecule has 2 aliphatic heterocycles. The van der Waals surface area contributed by atoms with Crippen LogP contribution in [0, 0.1) is 0 Å². The Labute approximate surface area is 170 Å². The molecule has 7 heteroatoms. The summed E-state index contributed by atoms with van der Waals surface area (Å²) in [7, 11) is 0. The van der Waals surface area contributed by atoms with Gasteiger partial charge in [-0.3, -0.25) is 4.79 Å². The smallest absolute Gasteiger partial charge is 0.320 e. The third-order valence-electron chi connectivity index (χ3n) is 5.53. The fraction of sp³-hybridized carbons (Fsp3) is 0.455. The molecule has 1 atom stereocenters. The van der Waals surface area contributed by atoms with E-state index in [1.807, 2.05) is 52.3 Å². The van der Waals surface area contributed by atoms with Crippen LogP contribution >= 0.6 is 0 Å². The summed E-state index contributed by atoms with van der Waals surface area (Å²) in [6.45, 7) is 6.38. The number of amides is 3. The first kappa shape index (κ1) is 19.5. The molecule has 4 rings (SSSR count). The van der Waals surface area contributed by atoms with E-state index in [0.29, 0.717) is 58.2 Å². The van der Waals surface area contributed by atoms with Crippen molar-refractivity contribution in [1.82, 2.24) is 14.7 Å². The second kappa shape index (κ2) is 8.69. The highest BCUT2D eigenvalue weighted by Gasteiger charge is 2.30. The first-order valence-electron chi connectivity index (χ1n) is 10.2. The molecule has 3 amide bonds. The highest BCUT2D eigenvalue weighted by Crippen LogP contribution is 2.22. The van der Waals surface area contributed by atoms with E-state index in [1.54, 1.807) is 11.8 Å². The zero-order valence-corrected chi connectivity index (χ0v) is 16.8. The van der Waals surface area contributed by atoms with Crippen molar-refractivity contribution in [2.24, 2.45) is 0 Å². The van der Waals surface area contributed by atoms with Gasteiger partial charge in [-0.15, -0.1) is 0 Å². The molecule has 29 heavy (non-hydrogen) atoms. The molecule has 0 N–H and O–H groups in total. The van der Waals surface area contributed by atoms with Crippen LogP contribution in [0.15, 0.2) is 42.5 Å². The SMILES string of the molecule is C[C@H](Oc1ccc2ccccc2c1)C(=O)N1CCN(C(=O)N2CCOCC2)CC1. The number of carbonyl (C=O) groups is 2. The molecule has 0 aliphatic carbocycles. The number of nitrogens with zero attached hydrogens (tertiary/aromatic N) is 3. The number of fused-ring (bicyclic) bond motifs is 1. The zero-order valence-electron chi connectivity index (χ0n) is 16.8. The van der Waals surface area contributed by atoms with Crippen molar-refractivity contribution < 1.29 is 19.1 Å². The lowest BCUT2D eigenvalue weighted by Gasteiger charge is -2.39. The summed E-state index contributed by atoms with van der Waals surface area (Å²) < 4.78 is 11.2.